The minimum Gasteiger partial charge on any atom is -0.468 e. The molecule has 2 aromatic carbocycles. The molecule has 2 heterocycles. The number of hydrogen-bond donors (Lipinski definition) is 0. The van der Waals surface area contributed by atoms with Crippen LogP contribution in [0.3, 0.4) is 0 Å². The van der Waals surface area contributed by atoms with Gasteiger partial charge in [0.05, 0.1) is 29.8 Å². The van der Waals surface area contributed by atoms with Crippen molar-refractivity contribution < 1.29 is 22.0 Å². The third-order valence-corrected chi connectivity index (χ3v) is 6.72. The Bertz CT molecular complexity index is 1080. The lowest BCUT2D eigenvalue weighted by Crippen LogP contribution is -2.30. The second-order valence-corrected chi connectivity index (χ2v) is 8.43. The third-order valence-electron chi connectivity index (χ3n) is 4.61. The van der Waals surface area contributed by atoms with E-state index in [-0.39, 0.29) is 35.3 Å². The van der Waals surface area contributed by atoms with Gasteiger partial charge >= 0.3 is 0 Å². The van der Waals surface area contributed by atoms with Crippen LogP contribution in [0.2, 0.25) is 0 Å². The highest BCUT2D eigenvalue weighted by molar-refractivity contribution is 7.91. The first-order valence-corrected chi connectivity index (χ1v) is 9.92. The molecule has 4 rings (SSSR count). The molecule has 27 heavy (non-hydrogen) atoms. The van der Waals surface area contributed by atoms with Crippen LogP contribution < -0.4 is 4.90 Å². The van der Waals surface area contributed by atoms with Gasteiger partial charge in [0.1, 0.15) is 16.8 Å². The molecule has 1 amide bonds. The lowest BCUT2D eigenvalue weighted by atomic mass is 10.1. The number of para-hydroxylation sites is 1. The summed E-state index contributed by atoms with van der Waals surface area (Å²) in [6, 6.07) is 15.4. The average Bonchev–Trinajstić information content (AvgIpc) is 3.17. The summed E-state index contributed by atoms with van der Waals surface area (Å²) in [6.07, 6.45) is 1.16. The van der Waals surface area contributed by atoms with Gasteiger partial charge in [0.2, 0.25) is 5.91 Å². The third kappa shape index (κ3) is 3.14. The van der Waals surface area contributed by atoms with Gasteiger partial charge in [0, 0.05) is 0 Å². The Morgan fingerprint density at radius 2 is 1.78 bits per heavy atom. The van der Waals surface area contributed by atoms with Crippen LogP contribution in [0.15, 0.2) is 76.2 Å². The Kier molecular flexibility index (Phi) is 4.31. The van der Waals surface area contributed by atoms with E-state index in [1.165, 1.54) is 29.4 Å². The smallest absolute Gasteiger partial charge is 0.229 e. The van der Waals surface area contributed by atoms with Crippen molar-refractivity contribution in [2.24, 2.45) is 0 Å². The molecule has 0 spiro atoms. The van der Waals surface area contributed by atoms with E-state index in [0.29, 0.717) is 11.3 Å². The van der Waals surface area contributed by atoms with Crippen LogP contribution in [0.5, 0.6) is 0 Å². The van der Waals surface area contributed by atoms with E-state index in [1.807, 2.05) is 0 Å². The van der Waals surface area contributed by atoms with E-state index in [2.05, 4.69) is 0 Å². The molecule has 0 saturated carbocycles. The van der Waals surface area contributed by atoms with Crippen molar-refractivity contribution in [2.75, 3.05) is 4.90 Å². The summed E-state index contributed by atoms with van der Waals surface area (Å²) < 4.78 is 44.9. The summed E-state index contributed by atoms with van der Waals surface area (Å²) in [5.74, 6) is -0.474. The number of fused-ring (bicyclic) bond motifs is 1. The Morgan fingerprint density at radius 1 is 1.04 bits per heavy atom. The van der Waals surface area contributed by atoms with E-state index in [1.54, 1.807) is 42.5 Å². The molecule has 0 radical (unpaired) electrons. The predicted molar refractivity (Wildman–Crippen MR) is 97.3 cm³/mol. The maximum Gasteiger partial charge on any atom is 0.229 e. The van der Waals surface area contributed by atoms with E-state index in [4.69, 9.17) is 4.42 Å². The average molecular weight is 385 g/mol. The molecule has 0 saturated heterocycles. The number of amides is 1. The van der Waals surface area contributed by atoms with Crippen LogP contribution in [0, 0.1) is 5.82 Å². The van der Waals surface area contributed by atoms with E-state index < -0.39 is 15.1 Å². The van der Waals surface area contributed by atoms with Crippen molar-refractivity contribution in [1.29, 1.82) is 0 Å². The highest BCUT2D eigenvalue weighted by Gasteiger charge is 2.40. The summed E-state index contributed by atoms with van der Waals surface area (Å²) >= 11 is 0. The first-order chi connectivity index (χ1) is 13.0. The fourth-order valence-electron chi connectivity index (χ4n) is 3.26. The topological polar surface area (TPSA) is 67.6 Å². The van der Waals surface area contributed by atoms with Gasteiger partial charge in [-0.2, -0.15) is 0 Å². The van der Waals surface area contributed by atoms with Crippen LogP contribution in [0.4, 0.5) is 10.1 Å². The number of rotatable bonds is 3. The van der Waals surface area contributed by atoms with Crippen molar-refractivity contribution in [3.63, 3.8) is 0 Å². The van der Waals surface area contributed by atoms with Crippen LogP contribution in [0.1, 0.15) is 23.0 Å². The Hall–Kier alpha value is -2.93. The first kappa shape index (κ1) is 17.5. The molecule has 3 aromatic rings. The lowest BCUT2D eigenvalue weighted by Gasteiger charge is -2.22. The molecular formula is C20H16FNO4S. The molecule has 0 N–H and O–H groups in total. The number of anilines is 1. The quantitative estimate of drug-likeness (QED) is 0.686. The van der Waals surface area contributed by atoms with E-state index in [9.17, 15) is 17.6 Å². The first-order valence-electron chi connectivity index (χ1n) is 8.38. The second-order valence-electron chi connectivity index (χ2n) is 6.33. The number of benzene rings is 2. The lowest BCUT2D eigenvalue weighted by molar-refractivity contribution is -0.118. The van der Waals surface area contributed by atoms with Crippen LogP contribution in [0.25, 0.3) is 0 Å². The normalized spacial score (nSPS) is 18.8. The largest absolute Gasteiger partial charge is 0.468 e. The maximum atomic E-state index is 13.2. The van der Waals surface area contributed by atoms with Crippen molar-refractivity contribution >= 4 is 21.4 Å². The fraction of sp³-hybridized carbons (Fsp3) is 0.150. The molecule has 1 aliphatic rings. The molecule has 0 bridgehead atoms. The second kappa shape index (κ2) is 6.66. The van der Waals surface area contributed by atoms with Gasteiger partial charge < -0.3 is 9.32 Å². The van der Waals surface area contributed by atoms with Gasteiger partial charge in [-0.15, -0.1) is 0 Å². The zero-order valence-corrected chi connectivity index (χ0v) is 15.0. The van der Waals surface area contributed by atoms with Crippen molar-refractivity contribution in [1.82, 2.24) is 0 Å². The Labute approximate surface area is 156 Å². The number of hydrogen-bond acceptors (Lipinski definition) is 4. The molecule has 0 aliphatic carbocycles. The van der Waals surface area contributed by atoms with Gasteiger partial charge in [0.25, 0.3) is 0 Å². The highest BCUT2D eigenvalue weighted by Crippen LogP contribution is 2.41. The zero-order chi connectivity index (χ0) is 19.0. The van der Waals surface area contributed by atoms with Crippen molar-refractivity contribution in [3.05, 3.63) is 84.1 Å². The summed E-state index contributed by atoms with van der Waals surface area (Å²) in [4.78, 5) is 14.5. The number of nitrogens with zero attached hydrogens (tertiary/aromatic N) is 1. The van der Waals surface area contributed by atoms with Crippen molar-refractivity contribution in [2.45, 2.75) is 23.1 Å². The van der Waals surface area contributed by atoms with Crippen LogP contribution >= 0.6 is 0 Å². The number of furan rings is 1. The summed E-state index contributed by atoms with van der Waals surface area (Å²) in [5.41, 5.74) is 1.02. The standard InChI is InChI=1S/C20H16FNO4S/c21-15-9-7-14(8-10-15)13-22-16-4-1-2-6-18(16)27(24,25)19(12-20(22)23)17-5-3-11-26-17/h1-11,19H,12-13H2. The summed E-state index contributed by atoms with van der Waals surface area (Å²) in [7, 11) is -3.82. The molecule has 7 heteroatoms. The van der Waals surface area contributed by atoms with Gasteiger partial charge in [0.15, 0.2) is 9.84 Å². The number of halogens is 1. The van der Waals surface area contributed by atoms with Gasteiger partial charge in [-0.05, 0) is 42.0 Å². The molecular weight excluding hydrogens is 369 g/mol. The SMILES string of the molecule is O=C1CC(c2ccco2)S(=O)(=O)c2ccccc2N1Cc1ccc(F)cc1. The predicted octanol–water partition coefficient (Wildman–Crippen LogP) is 3.87. The molecule has 1 aromatic heterocycles. The summed E-state index contributed by atoms with van der Waals surface area (Å²) in [5, 5.41) is -1.08. The minimum atomic E-state index is -3.82. The van der Waals surface area contributed by atoms with Gasteiger partial charge in [-0.25, -0.2) is 12.8 Å². The van der Waals surface area contributed by atoms with Gasteiger partial charge in [-0.3, -0.25) is 4.79 Å². The monoisotopic (exact) mass is 385 g/mol. The Morgan fingerprint density at radius 3 is 2.48 bits per heavy atom. The zero-order valence-electron chi connectivity index (χ0n) is 14.2. The van der Waals surface area contributed by atoms with Crippen LogP contribution in [-0.4, -0.2) is 14.3 Å². The molecule has 1 unspecified atom stereocenters. The van der Waals surface area contributed by atoms with Crippen molar-refractivity contribution in [3.8, 4) is 0 Å². The number of carbonyl (C=O) groups excluding carboxylic acids is 1. The van der Waals surface area contributed by atoms with Crippen LogP contribution in [-0.2, 0) is 21.2 Å². The van der Waals surface area contributed by atoms with E-state index >= 15 is 0 Å². The molecule has 138 valence electrons. The number of carbonyl (C=O) groups is 1. The van der Waals surface area contributed by atoms with Gasteiger partial charge in [-0.1, -0.05) is 24.3 Å². The maximum absolute atomic E-state index is 13.2. The minimum absolute atomic E-state index is 0.0827. The molecule has 1 atom stereocenters. The summed E-state index contributed by atoms with van der Waals surface area (Å²) in [6.45, 7) is 0.149. The Balaban J connectivity index is 1.82. The van der Waals surface area contributed by atoms with E-state index in [0.717, 1.165) is 0 Å². The molecule has 1 aliphatic heterocycles. The number of sulfone groups is 1. The molecule has 5 nitrogen and oxygen atoms in total. The fourth-order valence-corrected chi connectivity index (χ4v) is 5.11. The highest BCUT2D eigenvalue weighted by atomic mass is 32.2. The molecule has 0 fully saturated rings.